The Morgan fingerprint density at radius 2 is 2.03 bits per heavy atom. The number of carbonyl (C=O) groups excluding carboxylic acids is 1. The molecule has 1 saturated carbocycles. The van der Waals surface area contributed by atoms with Gasteiger partial charge in [0.25, 0.3) is 11.9 Å². The summed E-state index contributed by atoms with van der Waals surface area (Å²) >= 11 is 0. The van der Waals surface area contributed by atoms with Crippen molar-refractivity contribution in [2.45, 2.75) is 38.3 Å². The molecule has 2 atom stereocenters. The van der Waals surface area contributed by atoms with Gasteiger partial charge < -0.3 is 24.1 Å². The van der Waals surface area contributed by atoms with E-state index in [4.69, 9.17) is 13.9 Å². The third kappa shape index (κ3) is 4.72. The van der Waals surface area contributed by atoms with Gasteiger partial charge in [-0.2, -0.15) is 4.98 Å². The first-order valence-corrected chi connectivity index (χ1v) is 11.0. The van der Waals surface area contributed by atoms with Crippen LogP contribution in [-0.4, -0.2) is 42.6 Å². The van der Waals surface area contributed by atoms with E-state index in [0.29, 0.717) is 36.2 Å². The fourth-order valence-corrected chi connectivity index (χ4v) is 3.87. The summed E-state index contributed by atoms with van der Waals surface area (Å²) < 4.78 is 43.4. The van der Waals surface area contributed by atoms with Gasteiger partial charge in [-0.05, 0) is 36.8 Å². The molecule has 174 valence electrons. The van der Waals surface area contributed by atoms with Gasteiger partial charge in [-0.3, -0.25) is 4.79 Å². The molecular formula is C24H25F2N3O4. The van der Waals surface area contributed by atoms with E-state index in [9.17, 15) is 13.6 Å². The number of rotatable bonds is 8. The maximum Gasteiger partial charge on any atom is 0.298 e. The molecule has 2 fully saturated rings. The Morgan fingerprint density at radius 1 is 1.27 bits per heavy atom. The number of halogens is 2. The number of carbonyl (C=O) groups is 1. The molecule has 1 saturated heterocycles. The molecule has 9 heteroatoms. The Morgan fingerprint density at radius 3 is 2.76 bits per heavy atom. The molecule has 1 N–H and O–H groups in total. The highest BCUT2D eigenvalue weighted by molar-refractivity contribution is 5.77. The summed E-state index contributed by atoms with van der Waals surface area (Å²) in [6.45, 7) is 4.64. The number of amides is 1. The summed E-state index contributed by atoms with van der Waals surface area (Å²) in [6, 6.07) is 13.2. The zero-order chi connectivity index (χ0) is 23.2. The lowest BCUT2D eigenvalue weighted by molar-refractivity contribution is -0.119. The highest BCUT2D eigenvalue weighted by Crippen LogP contribution is 2.48. The summed E-state index contributed by atoms with van der Waals surface area (Å²) in [4.78, 5) is 17.8. The van der Waals surface area contributed by atoms with Gasteiger partial charge in [-0.25, -0.2) is 8.78 Å². The Balaban J connectivity index is 1.16. The van der Waals surface area contributed by atoms with E-state index in [2.05, 4.69) is 10.3 Å². The summed E-state index contributed by atoms with van der Waals surface area (Å²) in [6.07, 6.45) is -0.148. The lowest BCUT2D eigenvalue weighted by Gasteiger charge is -2.37. The molecule has 0 bridgehead atoms. The number of nitrogens with zero attached hydrogens (tertiary/aromatic N) is 2. The number of anilines is 1. The molecule has 3 aromatic rings. The molecule has 0 spiro atoms. The van der Waals surface area contributed by atoms with Crippen LogP contribution in [0.4, 0.5) is 14.8 Å². The molecule has 2 heterocycles. The molecular weight excluding hydrogens is 432 g/mol. The van der Waals surface area contributed by atoms with Crippen LogP contribution in [0.2, 0.25) is 0 Å². The van der Waals surface area contributed by atoms with Crippen LogP contribution in [0.5, 0.6) is 11.5 Å². The fourth-order valence-electron chi connectivity index (χ4n) is 3.87. The number of oxazole rings is 1. The first-order chi connectivity index (χ1) is 15.8. The highest BCUT2D eigenvalue weighted by Gasteiger charge is 2.57. The zero-order valence-corrected chi connectivity index (χ0v) is 18.4. The van der Waals surface area contributed by atoms with Crippen molar-refractivity contribution in [3.63, 3.8) is 0 Å². The lowest BCUT2D eigenvalue weighted by Crippen LogP contribution is -2.54. The van der Waals surface area contributed by atoms with Crippen LogP contribution >= 0.6 is 0 Å². The van der Waals surface area contributed by atoms with E-state index in [-0.39, 0.29) is 31.1 Å². The summed E-state index contributed by atoms with van der Waals surface area (Å²) in [5, 5.41) is 2.86. The average molecular weight is 457 g/mol. The molecule has 1 aliphatic heterocycles. The Bertz CT molecular complexity index is 1180. The average Bonchev–Trinajstić information content (AvgIpc) is 3.15. The maximum atomic E-state index is 13.0. The van der Waals surface area contributed by atoms with Crippen LogP contribution in [0.15, 0.2) is 46.9 Å². The van der Waals surface area contributed by atoms with Gasteiger partial charge in [0.05, 0.1) is 31.7 Å². The number of benzene rings is 2. The van der Waals surface area contributed by atoms with E-state index in [1.165, 1.54) is 6.92 Å². The second kappa shape index (κ2) is 8.20. The predicted molar refractivity (Wildman–Crippen MR) is 118 cm³/mol. The number of hydrogen-bond donors (Lipinski definition) is 1. The van der Waals surface area contributed by atoms with Gasteiger partial charge in [0.2, 0.25) is 5.91 Å². The topological polar surface area (TPSA) is 76.8 Å². The molecule has 0 radical (unpaired) electrons. The number of ether oxygens (including phenoxy) is 2. The monoisotopic (exact) mass is 457 g/mol. The normalized spacial score (nSPS) is 20.2. The van der Waals surface area contributed by atoms with E-state index in [1.807, 2.05) is 36.1 Å². The van der Waals surface area contributed by atoms with Crippen molar-refractivity contribution >= 4 is 23.0 Å². The Kier molecular flexibility index (Phi) is 5.34. The first-order valence-electron chi connectivity index (χ1n) is 11.0. The minimum atomic E-state index is -2.58. The smallest absolute Gasteiger partial charge is 0.298 e. The number of alkyl halides is 2. The van der Waals surface area contributed by atoms with E-state index in [0.717, 1.165) is 11.1 Å². The van der Waals surface area contributed by atoms with Crippen molar-refractivity contribution in [3.05, 3.63) is 48.0 Å². The van der Waals surface area contributed by atoms with Gasteiger partial charge in [-0.15, -0.1) is 0 Å². The molecule has 1 aliphatic carbocycles. The minimum Gasteiger partial charge on any atom is -0.493 e. The third-order valence-electron chi connectivity index (χ3n) is 5.95. The summed E-state index contributed by atoms with van der Waals surface area (Å²) in [7, 11) is 0. The van der Waals surface area contributed by atoms with Gasteiger partial charge in [0, 0.05) is 19.4 Å². The van der Waals surface area contributed by atoms with Crippen molar-refractivity contribution in [2.24, 2.45) is 5.92 Å². The predicted octanol–water partition coefficient (Wildman–Crippen LogP) is 4.33. The second-order valence-corrected chi connectivity index (χ2v) is 8.74. The largest absolute Gasteiger partial charge is 0.493 e. The third-order valence-corrected chi connectivity index (χ3v) is 5.95. The van der Waals surface area contributed by atoms with E-state index >= 15 is 0 Å². The van der Waals surface area contributed by atoms with E-state index in [1.54, 1.807) is 18.2 Å². The maximum absolute atomic E-state index is 13.0. The number of hydrogen-bond acceptors (Lipinski definition) is 6. The van der Waals surface area contributed by atoms with Crippen molar-refractivity contribution < 1.29 is 27.5 Å². The van der Waals surface area contributed by atoms with Crippen LogP contribution in [0.3, 0.4) is 0 Å². The van der Waals surface area contributed by atoms with E-state index < -0.39 is 11.8 Å². The Labute approximate surface area is 189 Å². The van der Waals surface area contributed by atoms with Gasteiger partial charge in [0.1, 0.15) is 23.1 Å². The molecule has 1 unspecified atom stereocenters. The number of aromatic nitrogens is 1. The van der Waals surface area contributed by atoms with Crippen molar-refractivity contribution in [2.75, 3.05) is 24.6 Å². The number of nitrogens with one attached hydrogen (secondary N) is 1. The summed E-state index contributed by atoms with van der Waals surface area (Å²) in [5.41, 5.74) is 2.35. The van der Waals surface area contributed by atoms with Crippen molar-refractivity contribution in [1.29, 1.82) is 0 Å². The van der Waals surface area contributed by atoms with Gasteiger partial charge in [-0.1, -0.05) is 12.1 Å². The van der Waals surface area contributed by atoms with Crippen molar-refractivity contribution in [1.82, 2.24) is 10.3 Å². The van der Waals surface area contributed by atoms with Crippen LogP contribution in [0, 0.1) is 5.92 Å². The van der Waals surface area contributed by atoms with Gasteiger partial charge >= 0.3 is 0 Å². The molecule has 1 amide bonds. The molecule has 2 aliphatic rings. The molecule has 2 aromatic carbocycles. The quantitative estimate of drug-likeness (QED) is 0.543. The van der Waals surface area contributed by atoms with Crippen molar-refractivity contribution in [3.8, 4) is 11.5 Å². The highest BCUT2D eigenvalue weighted by atomic mass is 19.3. The minimum absolute atomic E-state index is 0.0106. The fraction of sp³-hybridized carbons (Fsp3) is 0.417. The SMILES string of the molecule is CC(=O)NC(C)c1ccc2nc(N3CC(Oc4cccc(OC[C@@H]5CC5(F)F)c4)C3)oc2c1. The molecule has 33 heavy (non-hydrogen) atoms. The van der Waals surface area contributed by atoms with Crippen LogP contribution < -0.4 is 19.7 Å². The molecule has 1 aromatic heterocycles. The van der Waals surface area contributed by atoms with Crippen LogP contribution in [-0.2, 0) is 4.79 Å². The van der Waals surface area contributed by atoms with Crippen LogP contribution in [0.1, 0.15) is 31.9 Å². The summed E-state index contributed by atoms with van der Waals surface area (Å²) in [5.74, 6) is -2.21. The van der Waals surface area contributed by atoms with Crippen LogP contribution in [0.25, 0.3) is 11.1 Å². The standard InChI is InChI=1S/C24H25F2N3O4/c1-14(27-15(2)30)16-6-7-21-22(8-16)33-23(28-21)29-11-20(12-29)32-19-5-3-4-18(9-19)31-13-17-10-24(17,25)26/h3-9,14,17,20H,10-13H2,1-2H3,(H,27,30)/t14?,17-/m0/s1. The lowest BCUT2D eigenvalue weighted by atomic mass is 10.1. The Hall–Kier alpha value is -3.36. The molecule has 5 rings (SSSR count). The van der Waals surface area contributed by atoms with Gasteiger partial charge in [0.15, 0.2) is 5.58 Å². The first kappa shape index (κ1) is 21.5. The molecule has 7 nitrogen and oxygen atoms in total. The second-order valence-electron chi connectivity index (χ2n) is 8.74. The zero-order valence-electron chi connectivity index (χ0n) is 18.4. The number of fused-ring (bicyclic) bond motifs is 1.